The number of benzene rings is 1. The van der Waals surface area contributed by atoms with Crippen LogP contribution in [0.5, 0.6) is 0 Å². The molecule has 20 heavy (non-hydrogen) atoms. The SMILES string of the molecule is Cc1ccc(C(=O)NCCNC(=O)[C@@H]2CCCN2)cc1. The number of amides is 2. The molecule has 1 aliphatic heterocycles. The summed E-state index contributed by atoms with van der Waals surface area (Å²) in [7, 11) is 0. The van der Waals surface area contributed by atoms with E-state index in [4.69, 9.17) is 0 Å². The summed E-state index contributed by atoms with van der Waals surface area (Å²) < 4.78 is 0. The van der Waals surface area contributed by atoms with Gasteiger partial charge >= 0.3 is 0 Å². The molecule has 2 rings (SSSR count). The Hall–Kier alpha value is -1.88. The van der Waals surface area contributed by atoms with Crippen molar-refractivity contribution in [2.45, 2.75) is 25.8 Å². The first kappa shape index (κ1) is 14.5. The molecule has 2 amide bonds. The molecule has 3 N–H and O–H groups in total. The van der Waals surface area contributed by atoms with Gasteiger partial charge in [-0.05, 0) is 38.4 Å². The third-order valence-corrected chi connectivity index (χ3v) is 3.40. The predicted molar refractivity (Wildman–Crippen MR) is 77.5 cm³/mol. The van der Waals surface area contributed by atoms with Gasteiger partial charge in [0, 0.05) is 18.7 Å². The largest absolute Gasteiger partial charge is 0.353 e. The van der Waals surface area contributed by atoms with Crippen molar-refractivity contribution in [1.29, 1.82) is 0 Å². The van der Waals surface area contributed by atoms with Gasteiger partial charge in [-0.1, -0.05) is 17.7 Å². The fraction of sp³-hybridized carbons (Fsp3) is 0.467. The van der Waals surface area contributed by atoms with Crippen molar-refractivity contribution >= 4 is 11.8 Å². The van der Waals surface area contributed by atoms with Crippen LogP contribution >= 0.6 is 0 Å². The standard InChI is InChI=1S/C15H21N3O2/c1-11-4-6-12(7-5-11)14(19)17-9-10-18-15(20)13-3-2-8-16-13/h4-7,13,16H,2-3,8-10H2,1H3,(H,17,19)(H,18,20)/t13-/m0/s1. The summed E-state index contributed by atoms with van der Waals surface area (Å²) >= 11 is 0. The van der Waals surface area contributed by atoms with E-state index in [-0.39, 0.29) is 17.9 Å². The second kappa shape index (κ2) is 7.05. The zero-order valence-corrected chi connectivity index (χ0v) is 11.7. The van der Waals surface area contributed by atoms with E-state index < -0.39 is 0 Å². The van der Waals surface area contributed by atoms with E-state index in [0.717, 1.165) is 24.9 Å². The Labute approximate surface area is 119 Å². The molecule has 0 unspecified atom stereocenters. The summed E-state index contributed by atoms with van der Waals surface area (Å²) in [6.45, 7) is 3.77. The Morgan fingerprint density at radius 2 is 1.90 bits per heavy atom. The molecule has 1 atom stereocenters. The molecular formula is C15H21N3O2. The van der Waals surface area contributed by atoms with Gasteiger partial charge in [-0.15, -0.1) is 0 Å². The number of rotatable bonds is 5. The summed E-state index contributed by atoms with van der Waals surface area (Å²) in [5.74, 6) is -0.0923. The molecular weight excluding hydrogens is 254 g/mol. The zero-order valence-electron chi connectivity index (χ0n) is 11.7. The van der Waals surface area contributed by atoms with Gasteiger partial charge in [0.05, 0.1) is 6.04 Å². The lowest BCUT2D eigenvalue weighted by molar-refractivity contribution is -0.122. The predicted octanol–water partition coefficient (Wildman–Crippen LogP) is 0.593. The van der Waals surface area contributed by atoms with Crippen molar-refractivity contribution in [1.82, 2.24) is 16.0 Å². The van der Waals surface area contributed by atoms with Crippen LogP contribution in [0.2, 0.25) is 0 Å². The minimum atomic E-state index is -0.113. The first-order valence-electron chi connectivity index (χ1n) is 7.03. The van der Waals surface area contributed by atoms with Gasteiger partial charge in [0.15, 0.2) is 0 Å². The summed E-state index contributed by atoms with van der Waals surface area (Å²) in [5, 5.41) is 8.75. The van der Waals surface area contributed by atoms with Crippen LogP contribution in [0.25, 0.3) is 0 Å². The maximum absolute atomic E-state index is 11.8. The fourth-order valence-corrected chi connectivity index (χ4v) is 2.20. The fourth-order valence-electron chi connectivity index (χ4n) is 2.20. The second-order valence-corrected chi connectivity index (χ2v) is 5.06. The van der Waals surface area contributed by atoms with E-state index in [1.165, 1.54) is 0 Å². The van der Waals surface area contributed by atoms with Gasteiger partial charge in [-0.2, -0.15) is 0 Å². The van der Waals surface area contributed by atoms with E-state index in [1.54, 1.807) is 12.1 Å². The highest BCUT2D eigenvalue weighted by Crippen LogP contribution is 2.04. The number of nitrogens with one attached hydrogen (secondary N) is 3. The van der Waals surface area contributed by atoms with Crippen molar-refractivity contribution in [3.05, 3.63) is 35.4 Å². The lowest BCUT2D eigenvalue weighted by Gasteiger charge is -2.11. The highest BCUT2D eigenvalue weighted by molar-refractivity contribution is 5.94. The first-order valence-corrected chi connectivity index (χ1v) is 7.03. The zero-order chi connectivity index (χ0) is 14.4. The van der Waals surface area contributed by atoms with Crippen molar-refractivity contribution in [2.24, 2.45) is 0 Å². The summed E-state index contributed by atoms with van der Waals surface area (Å²) in [6.07, 6.45) is 1.93. The van der Waals surface area contributed by atoms with Gasteiger partial charge in [0.1, 0.15) is 0 Å². The Kier molecular flexibility index (Phi) is 5.12. The van der Waals surface area contributed by atoms with Crippen LogP contribution < -0.4 is 16.0 Å². The van der Waals surface area contributed by atoms with Crippen LogP contribution in [0, 0.1) is 6.92 Å². The number of carbonyl (C=O) groups is 2. The number of hydrogen-bond acceptors (Lipinski definition) is 3. The Balaban J connectivity index is 1.66. The summed E-state index contributed by atoms with van der Waals surface area (Å²) in [4.78, 5) is 23.5. The minimum Gasteiger partial charge on any atom is -0.353 e. The second-order valence-electron chi connectivity index (χ2n) is 5.06. The minimum absolute atomic E-state index is 0.0204. The normalized spacial score (nSPS) is 17.8. The molecule has 1 saturated heterocycles. The molecule has 0 spiro atoms. The van der Waals surface area contributed by atoms with Crippen LogP contribution in [0.15, 0.2) is 24.3 Å². The number of aryl methyl sites for hydroxylation is 1. The molecule has 0 saturated carbocycles. The summed E-state index contributed by atoms with van der Waals surface area (Å²) in [6, 6.07) is 7.34. The highest BCUT2D eigenvalue weighted by atomic mass is 16.2. The van der Waals surface area contributed by atoms with Gasteiger partial charge < -0.3 is 16.0 Å². The molecule has 0 aliphatic carbocycles. The molecule has 108 valence electrons. The molecule has 1 aromatic carbocycles. The smallest absolute Gasteiger partial charge is 0.251 e. The lowest BCUT2D eigenvalue weighted by Crippen LogP contribution is -2.43. The van der Waals surface area contributed by atoms with Crippen LogP contribution in [0.3, 0.4) is 0 Å². The lowest BCUT2D eigenvalue weighted by atomic mass is 10.1. The van der Waals surface area contributed by atoms with E-state index in [0.29, 0.717) is 18.7 Å². The average molecular weight is 275 g/mol. The molecule has 0 aromatic heterocycles. The molecule has 5 heteroatoms. The van der Waals surface area contributed by atoms with Gasteiger partial charge in [0.2, 0.25) is 5.91 Å². The quantitative estimate of drug-likeness (QED) is 0.689. The molecule has 0 radical (unpaired) electrons. The molecule has 1 aliphatic rings. The van der Waals surface area contributed by atoms with E-state index >= 15 is 0 Å². The Morgan fingerprint density at radius 3 is 2.55 bits per heavy atom. The summed E-state index contributed by atoms with van der Waals surface area (Å²) in [5.41, 5.74) is 1.76. The monoisotopic (exact) mass is 275 g/mol. The van der Waals surface area contributed by atoms with Crippen LogP contribution in [-0.4, -0.2) is 37.5 Å². The van der Waals surface area contributed by atoms with E-state index in [1.807, 2.05) is 19.1 Å². The average Bonchev–Trinajstić information content (AvgIpc) is 2.98. The van der Waals surface area contributed by atoms with Crippen molar-refractivity contribution in [2.75, 3.05) is 19.6 Å². The molecule has 5 nitrogen and oxygen atoms in total. The maximum Gasteiger partial charge on any atom is 0.251 e. The van der Waals surface area contributed by atoms with Crippen LogP contribution in [0.1, 0.15) is 28.8 Å². The highest BCUT2D eigenvalue weighted by Gasteiger charge is 2.21. The van der Waals surface area contributed by atoms with Gasteiger partial charge in [-0.25, -0.2) is 0 Å². The van der Waals surface area contributed by atoms with Crippen molar-refractivity contribution < 1.29 is 9.59 Å². The molecule has 1 heterocycles. The van der Waals surface area contributed by atoms with E-state index in [9.17, 15) is 9.59 Å². The third-order valence-electron chi connectivity index (χ3n) is 3.40. The van der Waals surface area contributed by atoms with Crippen LogP contribution in [0.4, 0.5) is 0 Å². The Morgan fingerprint density at radius 1 is 1.20 bits per heavy atom. The molecule has 0 bridgehead atoms. The first-order chi connectivity index (χ1) is 9.66. The number of carbonyl (C=O) groups excluding carboxylic acids is 2. The molecule has 1 aromatic rings. The number of hydrogen-bond donors (Lipinski definition) is 3. The van der Waals surface area contributed by atoms with Gasteiger partial charge in [0.25, 0.3) is 5.91 Å². The van der Waals surface area contributed by atoms with Crippen LogP contribution in [-0.2, 0) is 4.79 Å². The topological polar surface area (TPSA) is 70.2 Å². The van der Waals surface area contributed by atoms with Crippen molar-refractivity contribution in [3.63, 3.8) is 0 Å². The Bertz CT molecular complexity index is 465. The van der Waals surface area contributed by atoms with Gasteiger partial charge in [-0.3, -0.25) is 9.59 Å². The third kappa shape index (κ3) is 4.06. The van der Waals surface area contributed by atoms with Crippen molar-refractivity contribution in [3.8, 4) is 0 Å². The van der Waals surface area contributed by atoms with E-state index in [2.05, 4.69) is 16.0 Å². The molecule has 1 fully saturated rings. The maximum atomic E-state index is 11.8.